The number of anilines is 1. The number of nitrogens with one attached hydrogen (secondary N) is 1. The number of nitrogens with two attached hydrogens (primary N) is 1. The van der Waals surface area contributed by atoms with Crippen molar-refractivity contribution in [2.45, 2.75) is 32.7 Å². The van der Waals surface area contributed by atoms with Crippen LogP contribution >= 0.6 is 11.6 Å². The number of likely N-dealkylation sites (tertiary alicyclic amines) is 1. The van der Waals surface area contributed by atoms with Gasteiger partial charge >= 0.3 is 0 Å². The zero-order valence-electron chi connectivity index (χ0n) is 11.2. The van der Waals surface area contributed by atoms with E-state index >= 15 is 0 Å². The summed E-state index contributed by atoms with van der Waals surface area (Å²) in [4.78, 5) is 18.4. The third kappa shape index (κ3) is 2.98. The lowest BCUT2D eigenvalue weighted by atomic mass is 9.93. The first-order valence-electron chi connectivity index (χ1n) is 6.46. The molecule has 1 fully saturated rings. The molecule has 1 aromatic heterocycles. The Labute approximate surface area is 118 Å². The molecule has 0 bridgehead atoms. The fourth-order valence-corrected chi connectivity index (χ4v) is 2.76. The molecule has 0 radical (unpaired) electrons. The standard InChI is InChI=1S/C13H19ClN4O/c1-8-3-4-18(9(2)5-8)13(19)10-6-11(14)12(17-15)16-7-10/h6-9H,3-5,15H2,1-2H3,(H,16,17). The maximum Gasteiger partial charge on any atom is 0.255 e. The minimum Gasteiger partial charge on any atom is -0.336 e. The highest BCUT2D eigenvalue weighted by molar-refractivity contribution is 6.33. The van der Waals surface area contributed by atoms with Gasteiger partial charge in [-0.15, -0.1) is 0 Å². The summed E-state index contributed by atoms with van der Waals surface area (Å²) >= 11 is 6.00. The number of aromatic nitrogens is 1. The number of nitrogen functional groups attached to an aromatic ring is 1. The van der Waals surface area contributed by atoms with E-state index in [1.165, 1.54) is 6.20 Å². The van der Waals surface area contributed by atoms with Crippen molar-refractivity contribution in [1.82, 2.24) is 9.88 Å². The van der Waals surface area contributed by atoms with Crippen molar-refractivity contribution in [2.75, 3.05) is 12.0 Å². The van der Waals surface area contributed by atoms with Gasteiger partial charge in [-0.1, -0.05) is 18.5 Å². The van der Waals surface area contributed by atoms with Crippen molar-refractivity contribution in [3.05, 3.63) is 22.8 Å². The molecule has 2 unspecified atom stereocenters. The Balaban J connectivity index is 2.17. The monoisotopic (exact) mass is 282 g/mol. The van der Waals surface area contributed by atoms with Gasteiger partial charge in [-0.25, -0.2) is 10.8 Å². The van der Waals surface area contributed by atoms with Crippen LogP contribution in [0.2, 0.25) is 5.02 Å². The van der Waals surface area contributed by atoms with Crippen LogP contribution in [0.25, 0.3) is 0 Å². The minimum absolute atomic E-state index is 0.0163. The summed E-state index contributed by atoms with van der Waals surface area (Å²) in [5.41, 5.74) is 2.89. The van der Waals surface area contributed by atoms with E-state index in [2.05, 4.69) is 24.3 Å². The van der Waals surface area contributed by atoms with Gasteiger partial charge in [0.1, 0.15) is 0 Å². The van der Waals surface area contributed by atoms with Gasteiger partial charge in [0, 0.05) is 18.8 Å². The zero-order valence-corrected chi connectivity index (χ0v) is 11.9. The number of rotatable bonds is 2. The van der Waals surface area contributed by atoms with E-state index in [1.54, 1.807) is 6.07 Å². The normalized spacial score (nSPS) is 23.3. The van der Waals surface area contributed by atoms with Crippen LogP contribution in [0, 0.1) is 5.92 Å². The smallest absolute Gasteiger partial charge is 0.255 e. The number of nitrogens with zero attached hydrogens (tertiary/aromatic N) is 2. The Morgan fingerprint density at radius 1 is 1.58 bits per heavy atom. The zero-order chi connectivity index (χ0) is 14.0. The minimum atomic E-state index is -0.0163. The second kappa shape index (κ2) is 5.75. The molecule has 2 atom stereocenters. The van der Waals surface area contributed by atoms with Crippen LogP contribution in [0.5, 0.6) is 0 Å². The average Bonchev–Trinajstić information content (AvgIpc) is 2.38. The second-order valence-corrected chi connectivity index (χ2v) is 5.58. The molecule has 0 aromatic carbocycles. The number of carbonyl (C=O) groups is 1. The van der Waals surface area contributed by atoms with Crippen molar-refractivity contribution < 1.29 is 4.79 Å². The summed E-state index contributed by atoms with van der Waals surface area (Å²) in [6.07, 6.45) is 3.59. The first-order chi connectivity index (χ1) is 9.02. The Kier molecular flexibility index (Phi) is 4.27. The molecule has 0 spiro atoms. The lowest BCUT2D eigenvalue weighted by Gasteiger charge is -2.36. The molecule has 1 aromatic rings. The lowest BCUT2D eigenvalue weighted by Crippen LogP contribution is -2.44. The summed E-state index contributed by atoms with van der Waals surface area (Å²) in [5.74, 6) is 6.29. The van der Waals surface area contributed by atoms with E-state index < -0.39 is 0 Å². The highest BCUT2D eigenvalue weighted by atomic mass is 35.5. The summed E-state index contributed by atoms with van der Waals surface area (Å²) in [6.45, 7) is 5.09. The number of piperidine rings is 1. The van der Waals surface area contributed by atoms with Crippen LogP contribution in [0.1, 0.15) is 37.0 Å². The molecule has 0 saturated carbocycles. The molecule has 1 amide bonds. The van der Waals surface area contributed by atoms with E-state index in [1.807, 2.05) is 4.90 Å². The van der Waals surface area contributed by atoms with Gasteiger partial charge in [-0.3, -0.25) is 4.79 Å². The van der Waals surface area contributed by atoms with Crippen LogP contribution < -0.4 is 11.3 Å². The highest BCUT2D eigenvalue weighted by Gasteiger charge is 2.27. The van der Waals surface area contributed by atoms with E-state index in [9.17, 15) is 4.79 Å². The van der Waals surface area contributed by atoms with Gasteiger partial charge in [-0.05, 0) is 31.7 Å². The third-order valence-corrected chi connectivity index (χ3v) is 3.91. The van der Waals surface area contributed by atoms with E-state index in [0.717, 1.165) is 19.4 Å². The Morgan fingerprint density at radius 2 is 2.32 bits per heavy atom. The topological polar surface area (TPSA) is 71.2 Å². The third-order valence-electron chi connectivity index (χ3n) is 3.62. The van der Waals surface area contributed by atoms with Crippen LogP contribution in [-0.4, -0.2) is 28.4 Å². The molecule has 2 rings (SSSR count). The van der Waals surface area contributed by atoms with Gasteiger partial charge < -0.3 is 10.3 Å². The molecule has 1 aliphatic rings. The molecule has 2 heterocycles. The maximum atomic E-state index is 12.4. The van der Waals surface area contributed by atoms with Crippen molar-refractivity contribution in [3.8, 4) is 0 Å². The summed E-state index contributed by atoms with van der Waals surface area (Å²) < 4.78 is 0. The van der Waals surface area contributed by atoms with Crippen molar-refractivity contribution in [1.29, 1.82) is 0 Å². The summed E-state index contributed by atoms with van der Waals surface area (Å²) in [7, 11) is 0. The Morgan fingerprint density at radius 3 is 2.89 bits per heavy atom. The van der Waals surface area contributed by atoms with Crippen LogP contribution in [-0.2, 0) is 0 Å². The van der Waals surface area contributed by atoms with Crippen LogP contribution in [0.15, 0.2) is 12.3 Å². The molecule has 19 heavy (non-hydrogen) atoms. The number of pyridine rings is 1. The average molecular weight is 283 g/mol. The van der Waals surface area contributed by atoms with Crippen LogP contribution in [0.3, 0.4) is 0 Å². The molecule has 104 valence electrons. The van der Waals surface area contributed by atoms with Crippen LogP contribution in [0.4, 0.5) is 5.82 Å². The van der Waals surface area contributed by atoms with E-state index in [-0.39, 0.29) is 11.9 Å². The van der Waals surface area contributed by atoms with Gasteiger partial charge in [0.2, 0.25) is 0 Å². The molecule has 1 saturated heterocycles. The highest BCUT2D eigenvalue weighted by Crippen LogP contribution is 2.25. The molecule has 3 N–H and O–H groups in total. The molecular formula is C13H19ClN4O. The molecular weight excluding hydrogens is 264 g/mol. The predicted octanol–water partition coefficient (Wildman–Crippen LogP) is 2.28. The SMILES string of the molecule is CC1CCN(C(=O)c2cnc(NN)c(Cl)c2)C(C)C1. The Bertz CT molecular complexity index is 480. The molecule has 1 aliphatic heterocycles. The van der Waals surface area contributed by atoms with Crippen molar-refractivity contribution in [3.63, 3.8) is 0 Å². The van der Waals surface area contributed by atoms with Crippen molar-refractivity contribution in [2.24, 2.45) is 11.8 Å². The summed E-state index contributed by atoms with van der Waals surface area (Å²) in [5, 5.41) is 0.353. The number of carbonyl (C=O) groups excluding carboxylic acids is 1. The van der Waals surface area contributed by atoms with Gasteiger partial charge in [-0.2, -0.15) is 0 Å². The van der Waals surface area contributed by atoms with E-state index in [4.69, 9.17) is 17.4 Å². The second-order valence-electron chi connectivity index (χ2n) is 5.18. The number of amides is 1. The first-order valence-corrected chi connectivity index (χ1v) is 6.84. The van der Waals surface area contributed by atoms with Gasteiger partial charge in [0.25, 0.3) is 5.91 Å². The number of halogens is 1. The van der Waals surface area contributed by atoms with Gasteiger partial charge in [0.15, 0.2) is 5.82 Å². The molecule has 6 heteroatoms. The quantitative estimate of drug-likeness (QED) is 0.645. The summed E-state index contributed by atoms with van der Waals surface area (Å²) in [6, 6.07) is 1.86. The first kappa shape index (κ1) is 14.1. The molecule has 0 aliphatic carbocycles. The van der Waals surface area contributed by atoms with Gasteiger partial charge in [0.05, 0.1) is 10.6 Å². The molecule has 5 nitrogen and oxygen atoms in total. The maximum absolute atomic E-state index is 12.4. The fraction of sp³-hybridized carbons (Fsp3) is 0.538. The Hall–Kier alpha value is -1.33. The predicted molar refractivity (Wildman–Crippen MR) is 76.0 cm³/mol. The van der Waals surface area contributed by atoms with Crippen molar-refractivity contribution >= 4 is 23.3 Å². The number of hydrazine groups is 1. The largest absolute Gasteiger partial charge is 0.336 e. The number of hydrogen-bond donors (Lipinski definition) is 2. The fourth-order valence-electron chi connectivity index (χ4n) is 2.54. The lowest BCUT2D eigenvalue weighted by molar-refractivity contribution is 0.0588. The number of hydrogen-bond acceptors (Lipinski definition) is 4. The van der Waals surface area contributed by atoms with E-state index in [0.29, 0.717) is 22.3 Å².